The van der Waals surface area contributed by atoms with Gasteiger partial charge >= 0.3 is 0 Å². The van der Waals surface area contributed by atoms with E-state index in [1.807, 2.05) is 45.0 Å². The number of aliphatic hydroxyl groups excluding tert-OH is 1. The van der Waals surface area contributed by atoms with E-state index in [-0.39, 0.29) is 30.1 Å². The number of aryl methyl sites for hydroxylation is 1. The van der Waals surface area contributed by atoms with Gasteiger partial charge in [-0.2, -0.15) is 0 Å². The van der Waals surface area contributed by atoms with Crippen molar-refractivity contribution in [3.8, 4) is 0 Å². The summed E-state index contributed by atoms with van der Waals surface area (Å²) in [7, 11) is 0. The largest absolute Gasteiger partial charge is 0.393 e. The first-order valence-corrected chi connectivity index (χ1v) is 8.21. The number of benzene rings is 1. The van der Waals surface area contributed by atoms with E-state index in [0.717, 1.165) is 11.3 Å². The van der Waals surface area contributed by atoms with Crippen LogP contribution in [-0.2, 0) is 9.59 Å². The van der Waals surface area contributed by atoms with E-state index < -0.39 is 6.10 Å². The predicted octanol–water partition coefficient (Wildman–Crippen LogP) is 1.87. The number of anilines is 1. The molecule has 0 bridgehead atoms. The first-order chi connectivity index (χ1) is 10.9. The molecule has 1 saturated heterocycles. The Bertz CT molecular complexity index is 554. The Labute approximate surface area is 137 Å². The van der Waals surface area contributed by atoms with E-state index in [1.54, 1.807) is 4.90 Å². The van der Waals surface area contributed by atoms with Crippen molar-refractivity contribution in [2.24, 2.45) is 11.8 Å². The molecular formula is C18H26N2O3. The van der Waals surface area contributed by atoms with Crippen LogP contribution in [-0.4, -0.2) is 36.1 Å². The zero-order chi connectivity index (χ0) is 17.0. The molecule has 126 valence electrons. The first-order valence-electron chi connectivity index (χ1n) is 8.21. The van der Waals surface area contributed by atoms with E-state index in [1.165, 1.54) is 0 Å². The van der Waals surface area contributed by atoms with Gasteiger partial charge in [-0.15, -0.1) is 0 Å². The van der Waals surface area contributed by atoms with Crippen LogP contribution in [0.1, 0.15) is 32.3 Å². The Morgan fingerprint density at radius 1 is 1.35 bits per heavy atom. The normalized spacial score (nSPS) is 19.3. The van der Waals surface area contributed by atoms with Gasteiger partial charge in [0.2, 0.25) is 11.8 Å². The SMILES string of the molecule is Cc1ccc(N2CC(C(=O)NCCC(O)C(C)C)CC2=O)cc1. The zero-order valence-electron chi connectivity index (χ0n) is 14.1. The third kappa shape index (κ3) is 4.55. The number of carbonyl (C=O) groups is 2. The lowest BCUT2D eigenvalue weighted by atomic mass is 10.0. The second kappa shape index (κ2) is 7.59. The number of nitrogens with one attached hydrogen (secondary N) is 1. The van der Waals surface area contributed by atoms with Crippen LogP contribution < -0.4 is 10.2 Å². The van der Waals surface area contributed by atoms with Crippen LogP contribution in [0.4, 0.5) is 5.69 Å². The van der Waals surface area contributed by atoms with Gasteiger partial charge in [-0.25, -0.2) is 0 Å². The van der Waals surface area contributed by atoms with Crippen LogP contribution in [0, 0.1) is 18.8 Å². The predicted molar refractivity (Wildman–Crippen MR) is 90.1 cm³/mol. The molecule has 1 aromatic carbocycles. The summed E-state index contributed by atoms with van der Waals surface area (Å²) in [5.41, 5.74) is 1.98. The van der Waals surface area contributed by atoms with Gasteiger partial charge in [0.15, 0.2) is 0 Å². The molecular weight excluding hydrogens is 292 g/mol. The molecule has 5 heteroatoms. The summed E-state index contributed by atoms with van der Waals surface area (Å²) < 4.78 is 0. The van der Waals surface area contributed by atoms with Crippen molar-refractivity contribution >= 4 is 17.5 Å². The Kier molecular flexibility index (Phi) is 5.77. The van der Waals surface area contributed by atoms with Crippen molar-refractivity contribution < 1.29 is 14.7 Å². The van der Waals surface area contributed by atoms with Gasteiger partial charge in [0.05, 0.1) is 12.0 Å². The second-order valence-electron chi connectivity index (χ2n) is 6.63. The van der Waals surface area contributed by atoms with Gasteiger partial charge in [-0.05, 0) is 31.4 Å². The maximum Gasteiger partial charge on any atom is 0.227 e. The minimum absolute atomic E-state index is 0.0174. The van der Waals surface area contributed by atoms with Gasteiger partial charge in [-0.1, -0.05) is 31.5 Å². The smallest absolute Gasteiger partial charge is 0.227 e. The number of rotatable bonds is 6. The molecule has 23 heavy (non-hydrogen) atoms. The lowest BCUT2D eigenvalue weighted by Crippen LogP contribution is -2.35. The topological polar surface area (TPSA) is 69.6 Å². The van der Waals surface area contributed by atoms with E-state index in [9.17, 15) is 14.7 Å². The van der Waals surface area contributed by atoms with Crippen molar-refractivity contribution in [3.05, 3.63) is 29.8 Å². The number of hydrogen-bond acceptors (Lipinski definition) is 3. The highest BCUT2D eigenvalue weighted by Gasteiger charge is 2.34. The van der Waals surface area contributed by atoms with Crippen molar-refractivity contribution in [1.29, 1.82) is 0 Å². The molecule has 0 saturated carbocycles. The third-order valence-electron chi connectivity index (χ3n) is 4.35. The summed E-state index contributed by atoms with van der Waals surface area (Å²) in [5, 5.41) is 12.6. The lowest BCUT2D eigenvalue weighted by Gasteiger charge is -2.17. The van der Waals surface area contributed by atoms with E-state index in [4.69, 9.17) is 0 Å². The van der Waals surface area contributed by atoms with Crippen molar-refractivity contribution in [1.82, 2.24) is 5.32 Å². The van der Waals surface area contributed by atoms with Gasteiger partial charge in [0, 0.05) is 25.2 Å². The fourth-order valence-electron chi connectivity index (χ4n) is 2.68. The highest BCUT2D eigenvalue weighted by molar-refractivity contribution is 6.00. The van der Waals surface area contributed by atoms with Crippen LogP contribution in [0.5, 0.6) is 0 Å². The van der Waals surface area contributed by atoms with E-state index in [0.29, 0.717) is 19.5 Å². The zero-order valence-corrected chi connectivity index (χ0v) is 14.1. The number of carbonyl (C=O) groups excluding carboxylic acids is 2. The Balaban J connectivity index is 1.86. The van der Waals surface area contributed by atoms with Crippen LogP contribution in [0.15, 0.2) is 24.3 Å². The Morgan fingerprint density at radius 3 is 2.61 bits per heavy atom. The molecule has 5 nitrogen and oxygen atoms in total. The van der Waals surface area contributed by atoms with Crippen molar-refractivity contribution in [2.45, 2.75) is 39.7 Å². The molecule has 0 aromatic heterocycles. The molecule has 2 amide bonds. The maximum absolute atomic E-state index is 12.2. The quantitative estimate of drug-likeness (QED) is 0.841. The number of amides is 2. The average Bonchev–Trinajstić information content (AvgIpc) is 2.89. The molecule has 2 rings (SSSR count). The minimum atomic E-state index is -0.412. The monoisotopic (exact) mass is 318 g/mol. The molecule has 1 heterocycles. The summed E-state index contributed by atoms with van der Waals surface area (Å²) in [6.45, 7) is 6.74. The molecule has 2 N–H and O–H groups in total. The van der Waals surface area contributed by atoms with Crippen LogP contribution >= 0.6 is 0 Å². The van der Waals surface area contributed by atoms with Gasteiger partial charge in [0.25, 0.3) is 0 Å². The van der Waals surface area contributed by atoms with Crippen molar-refractivity contribution in [3.63, 3.8) is 0 Å². The molecule has 0 spiro atoms. The molecule has 0 radical (unpaired) electrons. The Hall–Kier alpha value is -1.88. The van der Waals surface area contributed by atoms with Crippen LogP contribution in [0.25, 0.3) is 0 Å². The first kappa shape index (κ1) is 17.5. The van der Waals surface area contributed by atoms with Gasteiger partial charge < -0.3 is 15.3 Å². The fraction of sp³-hybridized carbons (Fsp3) is 0.556. The molecule has 0 aliphatic carbocycles. The second-order valence-corrected chi connectivity index (χ2v) is 6.63. The number of nitrogens with zero attached hydrogens (tertiary/aromatic N) is 1. The van der Waals surface area contributed by atoms with E-state index >= 15 is 0 Å². The van der Waals surface area contributed by atoms with Crippen LogP contribution in [0.2, 0.25) is 0 Å². The minimum Gasteiger partial charge on any atom is -0.393 e. The summed E-state index contributed by atoms with van der Waals surface area (Å²) in [4.78, 5) is 26.0. The molecule has 1 aliphatic rings. The molecule has 1 aliphatic heterocycles. The molecule has 1 fully saturated rings. The third-order valence-corrected chi connectivity index (χ3v) is 4.35. The van der Waals surface area contributed by atoms with E-state index in [2.05, 4.69) is 5.32 Å². The number of aliphatic hydroxyl groups is 1. The summed E-state index contributed by atoms with van der Waals surface area (Å²) in [6.07, 6.45) is 0.364. The fourth-order valence-corrected chi connectivity index (χ4v) is 2.68. The number of hydrogen-bond donors (Lipinski definition) is 2. The molecule has 2 unspecified atom stereocenters. The summed E-state index contributed by atoms with van der Waals surface area (Å²) >= 11 is 0. The summed E-state index contributed by atoms with van der Waals surface area (Å²) in [6, 6.07) is 7.74. The molecule has 2 atom stereocenters. The van der Waals surface area contributed by atoms with Gasteiger partial charge in [-0.3, -0.25) is 9.59 Å². The standard InChI is InChI=1S/C18H26N2O3/c1-12(2)16(21)8-9-19-18(23)14-10-17(22)20(11-14)15-6-4-13(3)5-7-15/h4-7,12,14,16,21H,8-11H2,1-3H3,(H,19,23). The van der Waals surface area contributed by atoms with Crippen molar-refractivity contribution in [2.75, 3.05) is 18.0 Å². The highest BCUT2D eigenvalue weighted by atomic mass is 16.3. The highest BCUT2D eigenvalue weighted by Crippen LogP contribution is 2.25. The summed E-state index contributed by atoms with van der Waals surface area (Å²) in [5.74, 6) is -0.267. The maximum atomic E-state index is 12.2. The lowest BCUT2D eigenvalue weighted by molar-refractivity contribution is -0.126. The average molecular weight is 318 g/mol. The Morgan fingerprint density at radius 2 is 2.00 bits per heavy atom. The molecule has 1 aromatic rings. The van der Waals surface area contributed by atoms with Gasteiger partial charge in [0.1, 0.15) is 0 Å². The van der Waals surface area contributed by atoms with Crippen LogP contribution in [0.3, 0.4) is 0 Å².